The third kappa shape index (κ3) is 5.17. The maximum atomic E-state index is 2.20. The van der Waals surface area contributed by atoms with E-state index in [2.05, 4.69) is 34.6 Å². The molecule has 1 rings (SSSR count). The van der Waals surface area contributed by atoms with Crippen LogP contribution in [0.1, 0.15) is 27.8 Å². The standard InChI is InChI=1S/C10H15.3HI.Zr/c1-6-7(2)9(4)10(5)8(6)3;;;;/h1-5H3;3*1H;/q-1;;;;+4/p-3. The summed E-state index contributed by atoms with van der Waals surface area (Å²) in [6.07, 6.45) is 0. The van der Waals surface area contributed by atoms with Crippen LogP contribution in [0.5, 0.6) is 0 Å². The topological polar surface area (TPSA) is 0 Å². The SMILES string of the molecule is Cc1c(C)c(C)[c-](C)c1C.[I-].[I-].[I-].[Zr+4]. The second-order valence-electron chi connectivity index (χ2n) is 3.12. The van der Waals surface area contributed by atoms with Gasteiger partial charge in [-0.15, -0.1) is 0 Å². The molecule has 0 saturated heterocycles. The summed E-state index contributed by atoms with van der Waals surface area (Å²) in [5.74, 6) is 0. The third-order valence-electron chi connectivity index (χ3n) is 2.81. The molecule has 0 aliphatic heterocycles. The smallest absolute Gasteiger partial charge is 1.00 e. The Morgan fingerprint density at radius 3 is 1.00 bits per heavy atom. The van der Waals surface area contributed by atoms with Crippen LogP contribution in [0.4, 0.5) is 0 Å². The minimum absolute atomic E-state index is 0. The Morgan fingerprint density at radius 1 is 0.714 bits per heavy atom. The fourth-order valence-electron chi connectivity index (χ4n) is 1.41. The van der Waals surface area contributed by atoms with Gasteiger partial charge in [-0.25, -0.2) is 0 Å². The molecule has 0 heterocycles. The summed E-state index contributed by atoms with van der Waals surface area (Å²) in [4.78, 5) is 0. The summed E-state index contributed by atoms with van der Waals surface area (Å²) in [7, 11) is 0. The zero-order valence-corrected chi connectivity index (χ0v) is 18.1. The van der Waals surface area contributed by atoms with Crippen molar-refractivity contribution in [3.05, 3.63) is 27.8 Å². The van der Waals surface area contributed by atoms with Crippen molar-refractivity contribution in [1.29, 1.82) is 0 Å². The van der Waals surface area contributed by atoms with E-state index < -0.39 is 0 Å². The largest absolute Gasteiger partial charge is 4.00 e. The summed E-state index contributed by atoms with van der Waals surface area (Å²) in [6, 6.07) is 0. The van der Waals surface area contributed by atoms with Crippen LogP contribution in [-0.4, -0.2) is 0 Å². The molecule has 0 saturated carbocycles. The van der Waals surface area contributed by atoms with Gasteiger partial charge in [0.25, 0.3) is 0 Å². The van der Waals surface area contributed by atoms with Crippen LogP contribution in [0.25, 0.3) is 0 Å². The van der Waals surface area contributed by atoms with Crippen molar-refractivity contribution in [2.45, 2.75) is 34.6 Å². The van der Waals surface area contributed by atoms with Crippen molar-refractivity contribution in [2.24, 2.45) is 0 Å². The third-order valence-corrected chi connectivity index (χ3v) is 2.81. The van der Waals surface area contributed by atoms with Crippen molar-refractivity contribution in [2.75, 3.05) is 0 Å². The molecule has 1 aromatic carbocycles. The zero-order chi connectivity index (χ0) is 7.89. The van der Waals surface area contributed by atoms with Crippen LogP contribution in [0.3, 0.4) is 0 Å². The molecule has 80 valence electrons. The first-order chi connectivity index (χ1) is 4.55. The first-order valence-corrected chi connectivity index (χ1v) is 3.75. The van der Waals surface area contributed by atoms with Gasteiger partial charge in [-0.1, -0.05) is 34.6 Å². The summed E-state index contributed by atoms with van der Waals surface area (Å²) in [5.41, 5.74) is 7.34. The molecule has 0 aromatic heterocycles. The second-order valence-corrected chi connectivity index (χ2v) is 3.12. The molecular weight excluding hydrogens is 592 g/mol. The number of rotatable bonds is 0. The van der Waals surface area contributed by atoms with E-state index in [-0.39, 0.29) is 98.1 Å². The fraction of sp³-hybridized carbons (Fsp3) is 0.500. The zero-order valence-electron chi connectivity index (χ0n) is 9.13. The molecule has 0 aliphatic rings. The Hall–Kier alpha value is 2.42. The normalized spacial score (nSPS) is 7.50. The maximum absolute atomic E-state index is 2.20. The second kappa shape index (κ2) is 10.6. The van der Waals surface area contributed by atoms with Crippen LogP contribution >= 0.6 is 0 Å². The van der Waals surface area contributed by atoms with E-state index >= 15 is 0 Å². The average molecular weight is 607 g/mol. The first kappa shape index (κ1) is 25.3. The van der Waals surface area contributed by atoms with Crippen LogP contribution in [0.15, 0.2) is 0 Å². The van der Waals surface area contributed by atoms with Gasteiger partial charge in [0.05, 0.1) is 0 Å². The molecule has 14 heavy (non-hydrogen) atoms. The summed E-state index contributed by atoms with van der Waals surface area (Å²) < 4.78 is 0. The molecule has 0 atom stereocenters. The Morgan fingerprint density at radius 2 is 0.929 bits per heavy atom. The Balaban J connectivity index is -0.000000125. The van der Waals surface area contributed by atoms with Gasteiger partial charge in [0.15, 0.2) is 0 Å². The Labute approximate surface area is 158 Å². The van der Waals surface area contributed by atoms with E-state index in [1.807, 2.05) is 0 Å². The average Bonchev–Trinajstić information content (AvgIpc) is 2.07. The van der Waals surface area contributed by atoms with E-state index in [0.717, 1.165) is 0 Å². The first-order valence-electron chi connectivity index (χ1n) is 3.75. The Bertz CT molecular complexity index is 187. The monoisotopic (exact) mass is 606 g/mol. The molecule has 0 aliphatic carbocycles. The van der Waals surface area contributed by atoms with E-state index in [0.29, 0.717) is 0 Å². The van der Waals surface area contributed by atoms with Crippen LogP contribution < -0.4 is 71.9 Å². The van der Waals surface area contributed by atoms with Crippen molar-refractivity contribution in [3.8, 4) is 0 Å². The van der Waals surface area contributed by atoms with E-state index in [9.17, 15) is 0 Å². The van der Waals surface area contributed by atoms with E-state index in [1.165, 1.54) is 27.8 Å². The van der Waals surface area contributed by atoms with E-state index in [1.54, 1.807) is 0 Å². The minimum atomic E-state index is 0. The number of hydrogen-bond donors (Lipinski definition) is 0. The molecule has 0 amide bonds. The molecule has 0 spiro atoms. The molecule has 0 unspecified atom stereocenters. The van der Waals surface area contributed by atoms with Gasteiger partial charge < -0.3 is 71.9 Å². The predicted octanol–water partition coefficient (Wildman–Crippen LogP) is -6.04. The molecule has 0 N–H and O–H groups in total. The van der Waals surface area contributed by atoms with Gasteiger partial charge in [0, 0.05) is 0 Å². The van der Waals surface area contributed by atoms with Gasteiger partial charge >= 0.3 is 26.2 Å². The van der Waals surface area contributed by atoms with Crippen molar-refractivity contribution in [3.63, 3.8) is 0 Å². The molecule has 4 heteroatoms. The summed E-state index contributed by atoms with van der Waals surface area (Å²) in [5, 5.41) is 0. The maximum Gasteiger partial charge on any atom is 4.00 e. The quantitative estimate of drug-likeness (QED) is 0.204. The van der Waals surface area contributed by atoms with Crippen LogP contribution in [0, 0.1) is 34.6 Å². The molecular formula is C10H15I3Zr. The molecule has 0 fully saturated rings. The predicted molar refractivity (Wildman–Crippen MR) is 45.7 cm³/mol. The molecule has 0 nitrogen and oxygen atoms in total. The molecule has 1 aromatic rings. The number of hydrogen-bond acceptors (Lipinski definition) is 0. The minimum Gasteiger partial charge on any atom is -1.00 e. The van der Waals surface area contributed by atoms with Crippen molar-refractivity contribution < 1.29 is 98.1 Å². The summed E-state index contributed by atoms with van der Waals surface area (Å²) in [6.45, 7) is 11.0. The van der Waals surface area contributed by atoms with Crippen molar-refractivity contribution >= 4 is 0 Å². The Kier molecular flexibility index (Phi) is 19.1. The number of halogens is 3. The van der Waals surface area contributed by atoms with Gasteiger partial charge in [0.2, 0.25) is 0 Å². The van der Waals surface area contributed by atoms with Gasteiger partial charge in [-0.2, -0.15) is 27.8 Å². The molecule has 0 radical (unpaired) electrons. The molecule has 0 bridgehead atoms. The fourth-order valence-corrected chi connectivity index (χ4v) is 1.41. The summed E-state index contributed by atoms with van der Waals surface area (Å²) >= 11 is 0. The van der Waals surface area contributed by atoms with E-state index in [4.69, 9.17) is 0 Å². The van der Waals surface area contributed by atoms with Crippen LogP contribution in [-0.2, 0) is 26.2 Å². The van der Waals surface area contributed by atoms with Gasteiger partial charge in [-0.3, -0.25) is 0 Å². The van der Waals surface area contributed by atoms with Gasteiger partial charge in [-0.05, 0) is 0 Å². The van der Waals surface area contributed by atoms with Crippen LogP contribution in [0.2, 0.25) is 0 Å². The van der Waals surface area contributed by atoms with Crippen molar-refractivity contribution in [1.82, 2.24) is 0 Å². The van der Waals surface area contributed by atoms with Gasteiger partial charge in [0.1, 0.15) is 0 Å².